The van der Waals surface area contributed by atoms with E-state index >= 15 is 0 Å². The number of hydrogen-bond donors (Lipinski definition) is 0. The highest BCUT2D eigenvalue weighted by Gasteiger charge is 2.55. The van der Waals surface area contributed by atoms with E-state index < -0.39 is 110 Å². The Morgan fingerprint density at radius 1 is 0.556 bits per heavy atom. The minimum absolute atomic E-state index is 0.0272. The number of carbonyl (C=O) groups excluding carboxylic acids is 6. The van der Waals surface area contributed by atoms with Crippen molar-refractivity contribution in [2.75, 3.05) is 63.5 Å². The van der Waals surface area contributed by atoms with Gasteiger partial charge in [0.25, 0.3) is 11.8 Å². The number of nitrogens with zero attached hydrogens (tertiary/aromatic N) is 4. The number of carbonyl (C=O) groups is 6. The monoisotopic (exact) mass is 1290 g/mol. The normalized spacial score (nSPS) is 21.5. The third-order valence-electron chi connectivity index (χ3n) is 15.4. The first kappa shape index (κ1) is 66.3. The van der Waals surface area contributed by atoms with Crippen molar-refractivity contribution >= 4 is 134 Å². The van der Waals surface area contributed by atoms with Gasteiger partial charge in [0.2, 0.25) is 7.59 Å². The Balaban J connectivity index is 1.27. The average Bonchev–Trinajstić information content (AvgIpc) is 4.08. The number of hydrogen-bond acceptors (Lipinski definition) is 16. The zero-order chi connectivity index (χ0) is 60.5. The molecule has 4 aliphatic rings. The summed E-state index contributed by atoms with van der Waals surface area (Å²) < 4.78 is 56.9. The Bertz CT molecular complexity index is 2500. The van der Waals surface area contributed by atoms with Crippen LogP contribution < -0.4 is 28.7 Å². The second kappa shape index (κ2) is 25.8. The van der Waals surface area contributed by atoms with E-state index in [-0.39, 0.29) is 94.7 Å². The molecule has 6 rings (SSSR count). The lowest BCUT2D eigenvalue weighted by molar-refractivity contribution is -0.146. The largest absolute Gasteiger partial charge is 0.493 e. The average molecular weight is 1290 g/mol. The van der Waals surface area contributed by atoms with Crippen molar-refractivity contribution in [1.29, 1.82) is 0 Å². The number of alkyl halides is 6. The number of methoxy groups -OCH3 is 2. The lowest BCUT2D eigenvalue weighted by Crippen LogP contribution is -2.58. The van der Waals surface area contributed by atoms with E-state index in [0.717, 1.165) is 0 Å². The van der Waals surface area contributed by atoms with Crippen LogP contribution in [-0.4, -0.2) is 160 Å². The Hall–Kier alpha value is -3.85. The zero-order valence-electron chi connectivity index (χ0n) is 48.1. The second-order valence-corrected chi connectivity index (χ2v) is 37.9. The maximum absolute atomic E-state index is 14.7. The predicted octanol–water partition coefficient (Wildman–Crippen LogP) is 12.0. The van der Waals surface area contributed by atoms with Crippen molar-refractivity contribution in [3.8, 4) is 23.0 Å². The molecule has 0 unspecified atom stereocenters. The summed E-state index contributed by atoms with van der Waals surface area (Å²) in [7, 11) is -2.72. The van der Waals surface area contributed by atoms with Crippen LogP contribution in [0.3, 0.4) is 0 Å². The molecular weight excluding hydrogens is 1220 g/mol. The lowest BCUT2D eigenvalue weighted by atomic mass is 10.1. The molecule has 0 aromatic heterocycles. The Labute approximate surface area is 505 Å². The summed E-state index contributed by atoms with van der Waals surface area (Å²) in [6.45, 7) is 21.9. The standard InChI is InChI=1S/C53H74Cl6N4O16Si2/c1-30(64)76-32-20-38-46(78-80(11,12)50(3,4)5)62(48(68)74-28-52(54,55)56)36-24-42(40(70-9)22-34(36)44(66)60(38)26-32)72-18-16-15-17-19-73-43-25-37-35(23-41(43)71-10)45(67)61-27-33(77-31(2)65)21-39(61)47(79-81(13,14)51(6,7)8)63(37)49(69)75-29-53(57,58)59/h22-25,32-33,38-39,46-47H,15-21,26-29H2,1-14H3/t32-,33-,38+,39+,46+,47+/m1/s1. The summed E-state index contributed by atoms with van der Waals surface area (Å²) >= 11 is 36.5. The summed E-state index contributed by atoms with van der Waals surface area (Å²) in [5, 5.41) is -0.729. The van der Waals surface area contributed by atoms with Crippen molar-refractivity contribution in [1.82, 2.24) is 9.80 Å². The van der Waals surface area contributed by atoms with E-state index in [0.29, 0.717) is 19.3 Å². The number of halogens is 6. The number of fused-ring (bicyclic) bond motifs is 4. The maximum Gasteiger partial charge on any atom is 0.416 e. The lowest BCUT2D eigenvalue weighted by Gasteiger charge is -2.44. The molecule has 6 atom stereocenters. The van der Waals surface area contributed by atoms with Crippen molar-refractivity contribution in [3.05, 3.63) is 35.4 Å². The molecule has 81 heavy (non-hydrogen) atoms. The van der Waals surface area contributed by atoms with Crippen LogP contribution in [0.4, 0.5) is 21.0 Å². The SMILES string of the molecule is COc1cc2c(cc1OCCCCCOc1cc3c(cc1OC)C(=O)N1C[C@H](OC(C)=O)C[C@H]1[C@H](O[Si](C)(C)C(C)(C)C)N3C(=O)OCC(Cl)(Cl)Cl)N(C(=O)OCC(Cl)(Cl)Cl)[C@@H](O[Si](C)(C)C(C)(C)C)[C@@H]1C[C@@H](OC(C)=O)CN1C2=O. The van der Waals surface area contributed by atoms with Crippen molar-refractivity contribution < 1.29 is 75.5 Å². The van der Waals surface area contributed by atoms with Crippen LogP contribution in [-0.2, 0) is 37.4 Å². The van der Waals surface area contributed by atoms with Crippen molar-refractivity contribution in [3.63, 3.8) is 0 Å². The fraction of sp³-hybridized carbons (Fsp3) is 0.660. The number of rotatable bonds is 18. The minimum atomic E-state index is -2.78. The Morgan fingerprint density at radius 3 is 1.20 bits per heavy atom. The number of anilines is 2. The van der Waals surface area contributed by atoms with Gasteiger partial charge in [0, 0.05) is 38.8 Å². The van der Waals surface area contributed by atoms with Crippen LogP contribution in [0.5, 0.6) is 23.0 Å². The molecule has 4 aliphatic heterocycles. The van der Waals surface area contributed by atoms with Gasteiger partial charge in [-0.3, -0.25) is 19.2 Å². The van der Waals surface area contributed by atoms with E-state index in [1.54, 1.807) is 9.80 Å². The zero-order valence-corrected chi connectivity index (χ0v) is 54.7. The van der Waals surface area contributed by atoms with Crippen molar-refractivity contribution in [2.45, 2.75) is 168 Å². The molecule has 452 valence electrons. The van der Waals surface area contributed by atoms with E-state index in [1.807, 2.05) is 67.7 Å². The molecule has 28 heteroatoms. The van der Waals surface area contributed by atoms with E-state index in [1.165, 1.54) is 62.1 Å². The quantitative estimate of drug-likeness (QED) is 0.0447. The number of benzene rings is 2. The molecule has 0 saturated carbocycles. The highest BCUT2D eigenvalue weighted by atomic mass is 35.6. The Kier molecular flexibility index (Phi) is 21.1. The summed E-state index contributed by atoms with van der Waals surface area (Å²) in [6.07, 6.45) is -3.80. The highest BCUT2D eigenvalue weighted by Crippen LogP contribution is 2.48. The van der Waals surface area contributed by atoms with Gasteiger partial charge in [-0.05, 0) is 67.7 Å². The molecule has 0 aliphatic carbocycles. The minimum Gasteiger partial charge on any atom is -0.493 e. The molecule has 2 aromatic carbocycles. The van der Waals surface area contributed by atoms with Gasteiger partial charge >= 0.3 is 24.1 Å². The van der Waals surface area contributed by atoms with Gasteiger partial charge in [-0.2, -0.15) is 0 Å². The first-order chi connectivity index (χ1) is 37.4. The van der Waals surface area contributed by atoms with Gasteiger partial charge in [-0.25, -0.2) is 19.4 Å². The van der Waals surface area contributed by atoms with Crippen molar-refractivity contribution in [2.24, 2.45) is 0 Å². The fourth-order valence-corrected chi connectivity index (χ4v) is 12.2. The molecule has 0 bridgehead atoms. The first-order valence-electron chi connectivity index (χ1n) is 26.5. The number of unbranched alkanes of at least 4 members (excludes halogenated alkanes) is 2. The van der Waals surface area contributed by atoms with E-state index in [4.69, 9.17) is 116 Å². The van der Waals surface area contributed by atoms with Gasteiger partial charge in [0.1, 0.15) is 25.4 Å². The summed E-state index contributed by atoms with van der Waals surface area (Å²) in [6, 6.07) is 4.41. The molecule has 2 fully saturated rings. The number of ether oxygens (including phenoxy) is 8. The molecule has 2 saturated heterocycles. The maximum atomic E-state index is 14.7. The fourth-order valence-electron chi connectivity index (χ4n) is 9.41. The van der Waals surface area contributed by atoms with Crippen LogP contribution in [0.15, 0.2) is 24.3 Å². The van der Waals surface area contributed by atoms with Crippen LogP contribution in [0.2, 0.25) is 36.3 Å². The van der Waals surface area contributed by atoms with Gasteiger partial charge < -0.3 is 56.5 Å². The molecule has 0 radical (unpaired) electrons. The molecule has 2 aromatic rings. The van der Waals surface area contributed by atoms with Crippen LogP contribution in [0.25, 0.3) is 0 Å². The third kappa shape index (κ3) is 15.9. The summed E-state index contributed by atoms with van der Waals surface area (Å²) in [5.74, 6) is -1.23. The molecule has 4 heterocycles. The predicted molar refractivity (Wildman–Crippen MR) is 313 cm³/mol. The van der Waals surface area contributed by atoms with Crippen LogP contribution >= 0.6 is 69.6 Å². The van der Waals surface area contributed by atoms with Crippen LogP contribution in [0, 0.1) is 0 Å². The third-order valence-corrected chi connectivity index (χ3v) is 24.9. The van der Waals surface area contributed by atoms with Crippen LogP contribution in [0.1, 0.15) is 108 Å². The van der Waals surface area contributed by atoms with Gasteiger partial charge in [0.05, 0.1) is 75.1 Å². The van der Waals surface area contributed by atoms with E-state index in [9.17, 15) is 28.8 Å². The van der Waals surface area contributed by atoms with E-state index in [2.05, 4.69) is 0 Å². The second-order valence-electron chi connectivity index (χ2n) is 23.4. The molecule has 20 nitrogen and oxygen atoms in total. The molecule has 0 N–H and O–H groups in total. The van der Waals surface area contributed by atoms with Gasteiger partial charge in [0.15, 0.2) is 52.1 Å². The number of esters is 2. The number of amides is 4. The molecule has 4 amide bonds. The summed E-state index contributed by atoms with van der Waals surface area (Å²) in [4.78, 5) is 88.4. The molecular formula is C53H74Cl6N4O16Si2. The first-order valence-corrected chi connectivity index (χ1v) is 34.5. The summed E-state index contributed by atoms with van der Waals surface area (Å²) in [5.41, 5.74) is 0.311. The highest BCUT2D eigenvalue weighted by molar-refractivity contribution is 6.74. The topological polar surface area (TPSA) is 208 Å². The van der Waals surface area contributed by atoms with Gasteiger partial charge in [-0.1, -0.05) is 111 Å². The van der Waals surface area contributed by atoms with Gasteiger partial charge in [-0.15, -0.1) is 0 Å². The molecule has 0 spiro atoms. The smallest absolute Gasteiger partial charge is 0.416 e. The Morgan fingerprint density at radius 2 is 0.901 bits per heavy atom.